The van der Waals surface area contributed by atoms with Crippen LogP contribution in [0.2, 0.25) is 0 Å². The number of hydrogen-bond donors (Lipinski definition) is 1. The molecular formula is C22H24N2O2. The van der Waals surface area contributed by atoms with Crippen LogP contribution in [-0.2, 0) is 9.59 Å². The van der Waals surface area contributed by atoms with Crippen LogP contribution in [0.5, 0.6) is 0 Å². The molecule has 2 amide bonds. The van der Waals surface area contributed by atoms with E-state index in [0.29, 0.717) is 25.4 Å². The molecule has 2 aromatic carbocycles. The Labute approximate surface area is 154 Å². The fraction of sp³-hybridized carbons (Fsp3) is 0.364. The first kappa shape index (κ1) is 16.8. The molecule has 2 aromatic rings. The number of amides is 2. The lowest BCUT2D eigenvalue weighted by molar-refractivity contribution is -0.128. The van der Waals surface area contributed by atoms with Crippen molar-refractivity contribution in [2.24, 2.45) is 0 Å². The highest BCUT2D eigenvalue weighted by molar-refractivity contribution is 5.83. The molecule has 1 saturated carbocycles. The fourth-order valence-corrected chi connectivity index (χ4v) is 3.84. The average Bonchev–Trinajstić information content (AvgIpc) is 3.44. The van der Waals surface area contributed by atoms with Crippen LogP contribution in [0, 0.1) is 0 Å². The average molecular weight is 348 g/mol. The minimum Gasteiger partial charge on any atom is -0.351 e. The Morgan fingerprint density at radius 1 is 1.00 bits per heavy atom. The van der Waals surface area contributed by atoms with Crippen LogP contribution in [0.1, 0.15) is 42.7 Å². The van der Waals surface area contributed by atoms with Crippen LogP contribution in [0.25, 0.3) is 0 Å². The maximum Gasteiger partial charge on any atom is 0.225 e. The zero-order valence-electron chi connectivity index (χ0n) is 14.8. The maximum absolute atomic E-state index is 12.7. The van der Waals surface area contributed by atoms with Crippen molar-refractivity contribution in [3.05, 3.63) is 71.8 Å². The molecule has 1 aliphatic heterocycles. The summed E-state index contributed by atoms with van der Waals surface area (Å²) in [6.07, 6.45) is 3.04. The predicted molar refractivity (Wildman–Crippen MR) is 101 cm³/mol. The third-order valence-corrected chi connectivity index (χ3v) is 5.30. The standard InChI is InChI=1S/C22H24N2O2/c25-21(23-18-13-22(26)24(15-18)19-11-12-19)14-20(16-7-3-1-4-8-16)17-9-5-2-6-10-17/h1-10,18-20H,11-15H2,(H,23,25)/t18-/m0/s1. The first-order chi connectivity index (χ1) is 12.7. The summed E-state index contributed by atoms with van der Waals surface area (Å²) in [5.41, 5.74) is 2.27. The molecule has 4 rings (SSSR count). The second kappa shape index (κ2) is 7.32. The van der Waals surface area contributed by atoms with Gasteiger partial charge in [0, 0.05) is 31.3 Å². The van der Waals surface area contributed by atoms with E-state index in [2.05, 4.69) is 29.6 Å². The molecule has 0 aromatic heterocycles. The minimum absolute atomic E-state index is 0.0122. The molecule has 0 spiro atoms. The van der Waals surface area contributed by atoms with Gasteiger partial charge in [-0.2, -0.15) is 0 Å². The molecule has 2 fully saturated rings. The molecule has 26 heavy (non-hydrogen) atoms. The van der Waals surface area contributed by atoms with Crippen LogP contribution in [0.15, 0.2) is 60.7 Å². The Bertz CT molecular complexity index is 732. The van der Waals surface area contributed by atoms with E-state index >= 15 is 0 Å². The van der Waals surface area contributed by atoms with Crippen molar-refractivity contribution in [3.8, 4) is 0 Å². The molecular weight excluding hydrogens is 324 g/mol. The van der Waals surface area contributed by atoms with Crippen molar-refractivity contribution in [2.45, 2.75) is 43.7 Å². The molecule has 0 unspecified atom stereocenters. The number of likely N-dealkylation sites (tertiary alicyclic amines) is 1. The van der Waals surface area contributed by atoms with Gasteiger partial charge < -0.3 is 10.2 Å². The summed E-state index contributed by atoms with van der Waals surface area (Å²) >= 11 is 0. The van der Waals surface area contributed by atoms with Crippen LogP contribution in [0.4, 0.5) is 0 Å². The van der Waals surface area contributed by atoms with E-state index in [9.17, 15) is 9.59 Å². The van der Waals surface area contributed by atoms with Crippen molar-refractivity contribution in [1.29, 1.82) is 0 Å². The van der Waals surface area contributed by atoms with Gasteiger partial charge in [0.05, 0.1) is 6.04 Å². The minimum atomic E-state index is -0.0530. The van der Waals surface area contributed by atoms with E-state index in [1.807, 2.05) is 41.3 Å². The highest BCUT2D eigenvalue weighted by atomic mass is 16.2. The zero-order valence-corrected chi connectivity index (χ0v) is 14.8. The van der Waals surface area contributed by atoms with Gasteiger partial charge in [-0.05, 0) is 24.0 Å². The molecule has 4 nitrogen and oxygen atoms in total. The lowest BCUT2D eigenvalue weighted by Crippen LogP contribution is -2.38. The summed E-state index contributed by atoms with van der Waals surface area (Å²) < 4.78 is 0. The van der Waals surface area contributed by atoms with Crippen LogP contribution < -0.4 is 5.32 Å². The van der Waals surface area contributed by atoms with E-state index in [1.54, 1.807) is 0 Å². The SMILES string of the molecule is O=C(CC(c1ccccc1)c1ccccc1)N[C@H]1CC(=O)N(C2CC2)C1. The van der Waals surface area contributed by atoms with Gasteiger partial charge in [-0.3, -0.25) is 9.59 Å². The van der Waals surface area contributed by atoms with Gasteiger partial charge in [0.15, 0.2) is 0 Å². The number of carbonyl (C=O) groups excluding carboxylic acids is 2. The van der Waals surface area contributed by atoms with Crippen molar-refractivity contribution < 1.29 is 9.59 Å². The Kier molecular flexibility index (Phi) is 4.74. The summed E-state index contributed by atoms with van der Waals surface area (Å²) in [6.45, 7) is 0.663. The fourth-order valence-electron chi connectivity index (χ4n) is 3.84. The molecule has 1 aliphatic carbocycles. The highest BCUT2D eigenvalue weighted by Crippen LogP contribution is 2.31. The largest absolute Gasteiger partial charge is 0.351 e. The van der Waals surface area contributed by atoms with Crippen molar-refractivity contribution >= 4 is 11.8 Å². The predicted octanol–water partition coefficient (Wildman–Crippen LogP) is 3.09. The van der Waals surface area contributed by atoms with Crippen LogP contribution in [-0.4, -0.2) is 35.3 Å². The van der Waals surface area contributed by atoms with Gasteiger partial charge in [-0.1, -0.05) is 60.7 Å². The Hall–Kier alpha value is -2.62. The van der Waals surface area contributed by atoms with Gasteiger partial charge in [-0.25, -0.2) is 0 Å². The van der Waals surface area contributed by atoms with E-state index < -0.39 is 0 Å². The summed E-state index contributed by atoms with van der Waals surface area (Å²) in [5, 5.41) is 3.09. The van der Waals surface area contributed by atoms with E-state index in [-0.39, 0.29) is 23.8 Å². The van der Waals surface area contributed by atoms with Crippen molar-refractivity contribution in [3.63, 3.8) is 0 Å². The number of hydrogen-bond acceptors (Lipinski definition) is 2. The molecule has 1 N–H and O–H groups in total. The molecule has 1 heterocycles. The molecule has 0 bridgehead atoms. The second-order valence-corrected chi connectivity index (χ2v) is 7.32. The summed E-state index contributed by atoms with van der Waals surface area (Å²) in [5.74, 6) is 0.215. The molecule has 0 radical (unpaired) electrons. The quantitative estimate of drug-likeness (QED) is 0.872. The van der Waals surface area contributed by atoms with Crippen LogP contribution >= 0.6 is 0 Å². The third-order valence-electron chi connectivity index (χ3n) is 5.30. The summed E-state index contributed by atoms with van der Waals surface area (Å²) in [6, 6.07) is 20.6. The molecule has 4 heteroatoms. The smallest absolute Gasteiger partial charge is 0.225 e. The Morgan fingerprint density at radius 2 is 1.58 bits per heavy atom. The molecule has 134 valence electrons. The third kappa shape index (κ3) is 3.79. The van der Waals surface area contributed by atoms with Gasteiger partial charge in [-0.15, -0.1) is 0 Å². The maximum atomic E-state index is 12.7. The van der Waals surface area contributed by atoms with Crippen molar-refractivity contribution in [1.82, 2.24) is 10.2 Å². The molecule has 1 saturated heterocycles. The van der Waals surface area contributed by atoms with Gasteiger partial charge in [0.1, 0.15) is 0 Å². The zero-order chi connectivity index (χ0) is 17.9. The number of rotatable bonds is 6. The first-order valence-corrected chi connectivity index (χ1v) is 9.39. The second-order valence-electron chi connectivity index (χ2n) is 7.32. The Balaban J connectivity index is 1.44. The highest BCUT2D eigenvalue weighted by Gasteiger charge is 2.39. The van der Waals surface area contributed by atoms with E-state index in [4.69, 9.17) is 0 Å². The number of nitrogens with one attached hydrogen (secondary N) is 1. The lowest BCUT2D eigenvalue weighted by Gasteiger charge is -2.20. The van der Waals surface area contributed by atoms with E-state index in [1.165, 1.54) is 0 Å². The van der Waals surface area contributed by atoms with E-state index in [0.717, 1.165) is 24.0 Å². The van der Waals surface area contributed by atoms with Gasteiger partial charge in [0.2, 0.25) is 11.8 Å². The summed E-state index contributed by atoms with van der Waals surface area (Å²) in [4.78, 5) is 26.7. The lowest BCUT2D eigenvalue weighted by atomic mass is 9.88. The number of benzene rings is 2. The molecule has 2 aliphatic rings. The van der Waals surface area contributed by atoms with Gasteiger partial charge >= 0.3 is 0 Å². The number of nitrogens with zero attached hydrogens (tertiary/aromatic N) is 1. The topological polar surface area (TPSA) is 49.4 Å². The normalized spacial score (nSPS) is 19.8. The molecule has 1 atom stereocenters. The van der Waals surface area contributed by atoms with Gasteiger partial charge in [0.25, 0.3) is 0 Å². The number of carbonyl (C=O) groups is 2. The summed E-state index contributed by atoms with van der Waals surface area (Å²) in [7, 11) is 0. The Morgan fingerprint density at radius 3 is 2.12 bits per heavy atom. The van der Waals surface area contributed by atoms with Crippen molar-refractivity contribution in [2.75, 3.05) is 6.54 Å². The van der Waals surface area contributed by atoms with Crippen LogP contribution in [0.3, 0.4) is 0 Å². The first-order valence-electron chi connectivity index (χ1n) is 9.39. The monoisotopic (exact) mass is 348 g/mol.